The van der Waals surface area contributed by atoms with Crippen molar-refractivity contribution in [2.24, 2.45) is 4.99 Å². The van der Waals surface area contributed by atoms with Gasteiger partial charge in [0.2, 0.25) is 11.4 Å². The van der Waals surface area contributed by atoms with E-state index >= 15 is 0 Å². The van der Waals surface area contributed by atoms with Gasteiger partial charge >= 0.3 is 11.5 Å². The zero-order chi connectivity index (χ0) is 13.4. The molecule has 1 aliphatic heterocycles. The van der Waals surface area contributed by atoms with Crippen molar-refractivity contribution in [2.75, 3.05) is 7.11 Å². The smallest absolute Gasteiger partial charge is 0.330 e. The standard InChI is InChI=1S/C12H10N4O3/c1-19-8-5-3-2-4-7(8)16-6-13-9-10(16)14-12(18)15-11(9)17/h2-6H,1H3,(H2,14,15,17,18)/q+1. The molecule has 1 aliphatic rings. The molecule has 1 aromatic carbocycles. The number of benzene rings is 1. The first-order valence-corrected chi connectivity index (χ1v) is 5.54. The summed E-state index contributed by atoms with van der Waals surface area (Å²) >= 11 is 0. The van der Waals surface area contributed by atoms with Crippen molar-refractivity contribution in [1.29, 1.82) is 0 Å². The Morgan fingerprint density at radius 3 is 2.79 bits per heavy atom. The van der Waals surface area contributed by atoms with E-state index in [4.69, 9.17) is 4.74 Å². The third-order valence-electron chi connectivity index (χ3n) is 2.79. The van der Waals surface area contributed by atoms with Gasteiger partial charge in [0.05, 0.1) is 7.11 Å². The minimum Gasteiger partial charge on any atom is -0.491 e. The van der Waals surface area contributed by atoms with E-state index in [0.29, 0.717) is 17.3 Å². The predicted molar refractivity (Wildman–Crippen MR) is 70.3 cm³/mol. The molecule has 2 heterocycles. The number of hydrogen-bond acceptors (Lipinski definition) is 5. The first kappa shape index (κ1) is 11.4. The summed E-state index contributed by atoms with van der Waals surface area (Å²) in [5.74, 6) is 0.946. The van der Waals surface area contributed by atoms with Gasteiger partial charge in [0.15, 0.2) is 5.75 Å². The van der Waals surface area contributed by atoms with Crippen LogP contribution in [-0.2, 0) is 0 Å². The number of nitrogens with one attached hydrogen (secondary N) is 2. The van der Waals surface area contributed by atoms with Crippen LogP contribution in [0.5, 0.6) is 5.75 Å². The van der Waals surface area contributed by atoms with Crippen molar-refractivity contribution in [3.63, 3.8) is 0 Å². The van der Waals surface area contributed by atoms with Gasteiger partial charge in [-0.3, -0.25) is 14.8 Å². The second-order valence-electron chi connectivity index (χ2n) is 3.89. The molecule has 2 N–H and O–H groups in total. The van der Waals surface area contributed by atoms with E-state index in [-0.39, 0.29) is 5.69 Å². The predicted octanol–water partition coefficient (Wildman–Crippen LogP) is 0.848. The molecule has 1 aromatic heterocycles. The number of anilines is 2. The Kier molecular flexibility index (Phi) is 2.53. The number of aromatic nitrogens is 2. The van der Waals surface area contributed by atoms with Crippen LogP contribution in [0.25, 0.3) is 0 Å². The number of hydrogen-bond donors (Lipinski definition) is 2. The number of aromatic amines is 2. The lowest BCUT2D eigenvalue weighted by atomic mass is 10.2. The highest BCUT2D eigenvalue weighted by atomic mass is 16.5. The van der Waals surface area contributed by atoms with Crippen molar-refractivity contribution in [2.45, 2.75) is 0 Å². The Morgan fingerprint density at radius 1 is 1.21 bits per heavy atom. The Morgan fingerprint density at radius 2 is 2.00 bits per heavy atom. The quantitative estimate of drug-likeness (QED) is 0.782. The highest BCUT2D eigenvalue weighted by Crippen LogP contribution is 2.36. The minimum atomic E-state index is -0.575. The Balaban J connectivity index is 2.20. The third-order valence-corrected chi connectivity index (χ3v) is 2.79. The van der Waals surface area contributed by atoms with E-state index in [0.717, 1.165) is 0 Å². The van der Waals surface area contributed by atoms with E-state index in [1.807, 2.05) is 12.1 Å². The second kappa shape index (κ2) is 4.21. The number of para-hydroxylation sites is 2. The molecule has 7 nitrogen and oxygen atoms in total. The number of aliphatic imine (C=N–C) groups is 1. The molecule has 19 heavy (non-hydrogen) atoms. The molecule has 0 amide bonds. The summed E-state index contributed by atoms with van der Waals surface area (Å²) < 4.78 is 5.25. The van der Waals surface area contributed by atoms with Crippen molar-refractivity contribution < 1.29 is 4.74 Å². The van der Waals surface area contributed by atoms with Crippen LogP contribution >= 0.6 is 0 Å². The molecular weight excluding hydrogens is 248 g/mol. The Bertz CT molecular complexity index is 775. The lowest BCUT2D eigenvalue weighted by Crippen LogP contribution is -2.25. The maximum absolute atomic E-state index is 11.6. The maximum atomic E-state index is 11.6. The zero-order valence-corrected chi connectivity index (χ0v) is 10.0. The third kappa shape index (κ3) is 1.76. The molecule has 0 spiro atoms. The molecule has 95 valence electrons. The fourth-order valence-corrected chi connectivity index (χ4v) is 1.95. The number of ether oxygens (including phenoxy) is 1. The van der Waals surface area contributed by atoms with Crippen LogP contribution < -0.4 is 20.9 Å². The summed E-state index contributed by atoms with van der Waals surface area (Å²) in [6, 6.07) is 7.25. The zero-order valence-electron chi connectivity index (χ0n) is 10.0. The molecule has 2 aromatic rings. The molecule has 7 heteroatoms. The number of methoxy groups -OCH3 is 1. The molecule has 0 saturated heterocycles. The number of rotatable bonds is 2. The summed E-state index contributed by atoms with van der Waals surface area (Å²) in [7, 11) is 1.55. The largest absolute Gasteiger partial charge is 0.491 e. The fraction of sp³-hybridized carbons (Fsp3) is 0.0833. The maximum Gasteiger partial charge on any atom is 0.330 e. The lowest BCUT2D eigenvalue weighted by molar-refractivity contribution is 0.413. The van der Waals surface area contributed by atoms with Crippen LogP contribution in [0.1, 0.15) is 0 Å². The molecule has 1 radical (unpaired) electrons. The second-order valence-corrected chi connectivity index (χ2v) is 3.89. The topological polar surface area (TPSA) is 93.2 Å². The summed E-state index contributed by atoms with van der Waals surface area (Å²) in [4.78, 5) is 33.3. The summed E-state index contributed by atoms with van der Waals surface area (Å²) in [5.41, 5.74) is -0.235. The molecule has 3 rings (SSSR count). The summed E-state index contributed by atoms with van der Waals surface area (Å²) in [6.45, 7) is 0. The average molecular weight is 258 g/mol. The Labute approximate surface area is 107 Å². The van der Waals surface area contributed by atoms with Crippen LogP contribution in [0.2, 0.25) is 0 Å². The van der Waals surface area contributed by atoms with Gasteiger partial charge in [-0.1, -0.05) is 12.1 Å². The first-order valence-electron chi connectivity index (χ1n) is 5.54. The monoisotopic (exact) mass is 258 g/mol. The van der Waals surface area contributed by atoms with Gasteiger partial charge in [-0.05, 0) is 11.0 Å². The van der Waals surface area contributed by atoms with E-state index in [1.54, 1.807) is 24.1 Å². The normalized spacial score (nSPS) is 13.5. The van der Waals surface area contributed by atoms with Crippen LogP contribution in [0.4, 0.5) is 17.2 Å². The van der Waals surface area contributed by atoms with Gasteiger partial charge in [-0.2, -0.15) is 4.99 Å². The van der Waals surface area contributed by atoms with Crippen LogP contribution in [0.15, 0.2) is 38.8 Å². The molecule has 0 unspecified atom stereocenters. The highest BCUT2D eigenvalue weighted by molar-refractivity contribution is 5.89. The van der Waals surface area contributed by atoms with Gasteiger partial charge in [0, 0.05) is 6.07 Å². The molecule has 0 atom stereocenters. The molecule has 0 aliphatic carbocycles. The van der Waals surface area contributed by atoms with Gasteiger partial charge in [0.25, 0.3) is 11.9 Å². The molecular formula is C12H10N4O3+. The molecule has 0 saturated carbocycles. The van der Waals surface area contributed by atoms with E-state index < -0.39 is 11.2 Å². The van der Waals surface area contributed by atoms with Crippen LogP contribution in [-0.4, -0.2) is 23.4 Å². The van der Waals surface area contributed by atoms with E-state index in [1.165, 1.54) is 6.34 Å². The summed E-state index contributed by atoms with van der Waals surface area (Å²) in [5, 5.41) is 0. The molecule has 0 fully saturated rings. The minimum absolute atomic E-state index is 0.172. The van der Waals surface area contributed by atoms with Gasteiger partial charge < -0.3 is 4.74 Å². The highest BCUT2D eigenvalue weighted by Gasteiger charge is 2.35. The fourth-order valence-electron chi connectivity index (χ4n) is 1.95. The van der Waals surface area contributed by atoms with Gasteiger partial charge in [-0.15, -0.1) is 0 Å². The van der Waals surface area contributed by atoms with Crippen molar-refractivity contribution >= 4 is 23.5 Å². The number of nitrogens with zero attached hydrogens (tertiary/aromatic N) is 2. The van der Waals surface area contributed by atoms with Crippen molar-refractivity contribution in [1.82, 2.24) is 14.9 Å². The molecule has 0 bridgehead atoms. The Hall–Kier alpha value is -2.67. The first-order chi connectivity index (χ1) is 9.20. The van der Waals surface area contributed by atoms with Crippen LogP contribution in [0, 0.1) is 0 Å². The number of H-pyrrole nitrogens is 2. The van der Waals surface area contributed by atoms with Crippen molar-refractivity contribution in [3.8, 4) is 5.75 Å². The van der Waals surface area contributed by atoms with Crippen molar-refractivity contribution in [3.05, 3.63) is 45.1 Å². The van der Waals surface area contributed by atoms with E-state index in [2.05, 4.69) is 15.0 Å². The SMILES string of the molecule is COc1ccccc1[N+]1C=Nc2c1[nH]c(=O)[nH]c2=O. The van der Waals surface area contributed by atoms with Gasteiger partial charge in [-0.25, -0.2) is 4.79 Å². The lowest BCUT2D eigenvalue weighted by Gasteiger charge is -2.05. The van der Waals surface area contributed by atoms with Gasteiger partial charge in [0.1, 0.15) is 0 Å². The van der Waals surface area contributed by atoms with Crippen LogP contribution in [0.3, 0.4) is 0 Å². The summed E-state index contributed by atoms with van der Waals surface area (Å²) in [6.07, 6.45) is 1.47. The number of fused-ring (bicyclic) bond motifs is 1. The van der Waals surface area contributed by atoms with E-state index in [9.17, 15) is 9.59 Å². The average Bonchev–Trinajstić information content (AvgIpc) is 2.82.